The van der Waals surface area contributed by atoms with Gasteiger partial charge in [-0.2, -0.15) is 0 Å². The summed E-state index contributed by atoms with van der Waals surface area (Å²) < 4.78 is 1.19. The van der Waals surface area contributed by atoms with E-state index in [1.165, 1.54) is 16.5 Å². The van der Waals surface area contributed by atoms with Crippen molar-refractivity contribution in [2.75, 3.05) is 20.6 Å². The zero-order valence-corrected chi connectivity index (χ0v) is 15.1. The molecule has 0 saturated heterocycles. The van der Waals surface area contributed by atoms with E-state index in [0.29, 0.717) is 12.1 Å². The Bertz CT molecular complexity index is 392. The summed E-state index contributed by atoms with van der Waals surface area (Å²) in [7, 11) is 4.28. The van der Waals surface area contributed by atoms with Gasteiger partial charge < -0.3 is 10.2 Å². The molecule has 1 aromatic rings. The van der Waals surface area contributed by atoms with Crippen LogP contribution in [0, 0.1) is 5.92 Å². The van der Waals surface area contributed by atoms with Gasteiger partial charge in [0.15, 0.2) is 0 Å². The predicted molar refractivity (Wildman–Crippen MR) is 92.1 cm³/mol. The molecule has 1 rings (SSSR count). The van der Waals surface area contributed by atoms with E-state index in [9.17, 15) is 0 Å². The number of benzene rings is 1. The molecule has 0 bridgehead atoms. The minimum absolute atomic E-state index is 0.402. The van der Waals surface area contributed by atoms with E-state index in [4.69, 9.17) is 0 Å². The smallest absolute Gasteiger partial charge is 0.0340 e. The lowest BCUT2D eigenvalue weighted by molar-refractivity contribution is 0.218. The van der Waals surface area contributed by atoms with Crippen molar-refractivity contribution in [3.05, 3.63) is 34.3 Å². The van der Waals surface area contributed by atoms with Crippen molar-refractivity contribution in [2.24, 2.45) is 5.92 Å². The summed E-state index contributed by atoms with van der Waals surface area (Å²) in [6.07, 6.45) is 2.38. The van der Waals surface area contributed by atoms with Crippen LogP contribution in [0.3, 0.4) is 0 Å². The van der Waals surface area contributed by atoms with E-state index >= 15 is 0 Å². The molecule has 0 spiro atoms. The first-order chi connectivity index (χ1) is 9.45. The van der Waals surface area contributed by atoms with Crippen LogP contribution in [0.15, 0.2) is 28.7 Å². The van der Waals surface area contributed by atoms with Crippen LogP contribution in [0.2, 0.25) is 0 Å². The third-order valence-corrected chi connectivity index (χ3v) is 4.69. The molecule has 1 aromatic carbocycles. The van der Waals surface area contributed by atoms with Gasteiger partial charge in [-0.05, 0) is 58.0 Å². The summed E-state index contributed by atoms with van der Waals surface area (Å²) in [6.45, 7) is 8.02. The third kappa shape index (κ3) is 5.55. The molecule has 0 aliphatic rings. The molecule has 1 N–H and O–H groups in total. The third-order valence-electron chi connectivity index (χ3n) is 3.96. The molecule has 0 aliphatic heterocycles. The van der Waals surface area contributed by atoms with E-state index in [2.05, 4.69) is 78.2 Å². The molecule has 0 heterocycles. The maximum atomic E-state index is 3.65. The van der Waals surface area contributed by atoms with Crippen LogP contribution in [-0.2, 0) is 0 Å². The molecule has 114 valence electrons. The molecule has 0 aliphatic carbocycles. The molecular formula is C17H29BrN2. The summed E-state index contributed by atoms with van der Waals surface area (Å²) in [5.74, 6) is 0.760. The van der Waals surface area contributed by atoms with Crippen molar-refractivity contribution in [3.63, 3.8) is 0 Å². The number of hydrogen-bond acceptors (Lipinski definition) is 2. The second-order valence-electron chi connectivity index (χ2n) is 6.11. The van der Waals surface area contributed by atoms with Crippen LogP contribution in [0.4, 0.5) is 0 Å². The minimum Gasteiger partial charge on any atom is -0.313 e. The first-order valence-electron chi connectivity index (χ1n) is 7.57. The summed E-state index contributed by atoms with van der Waals surface area (Å²) in [6, 6.07) is 9.53. The maximum Gasteiger partial charge on any atom is 0.0340 e. The van der Waals surface area contributed by atoms with Gasteiger partial charge in [-0.3, -0.25) is 0 Å². The fourth-order valence-corrected chi connectivity index (χ4v) is 3.19. The van der Waals surface area contributed by atoms with E-state index in [-0.39, 0.29) is 0 Å². The predicted octanol–water partition coefficient (Wildman–Crippen LogP) is 4.47. The van der Waals surface area contributed by atoms with Gasteiger partial charge >= 0.3 is 0 Å². The molecule has 3 heteroatoms. The quantitative estimate of drug-likeness (QED) is 0.751. The maximum absolute atomic E-state index is 3.65. The Balaban J connectivity index is 2.56. The second kappa shape index (κ2) is 8.81. The fraction of sp³-hybridized carbons (Fsp3) is 0.647. The molecule has 0 radical (unpaired) electrons. The molecule has 2 atom stereocenters. The van der Waals surface area contributed by atoms with Crippen LogP contribution in [-0.4, -0.2) is 31.6 Å². The highest BCUT2D eigenvalue weighted by Crippen LogP contribution is 2.25. The van der Waals surface area contributed by atoms with E-state index < -0.39 is 0 Å². The molecule has 0 amide bonds. The number of nitrogens with zero attached hydrogens (tertiary/aromatic N) is 1. The Hall–Kier alpha value is -0.380. The zero-order valence-electron chi connectivity index (χ0n) is 13.5. The van der Waals surface area contributed by atoms with Crippen LogP contribution in [0.25, 0.3) is 0 Å². The first kappa shape index (κ1) is 17.7. The monoisotopic (exact) mass is 340 g/mol. The van der Waals surface area contributed by atoms with Crippen molar-refractivity contribution in [1.82, 2.24) is 10.2 Å². The number of rotatable bonds is 8. The van der Waals surface area contributed by atoms with Crippen LogP contribution < -0.4 is 5.32 Å². The molecule has 2 unspecified atom stereocenters. The fourth-order valence-electron chi connectivity index (χ4n) is 2.63. The van der Waals surface area contributed by atoms with Crippen molar-refractivity contribution in [1.29, 1.82) is 0 Å². The molecule has 20 heavy (non-hydrogen) atoms. The van der Waals surface area contributed by atoms with Gasteiger partial charge in [0.05, 0.1) is 0 Å². The van der Waals surface area contributed by atoms with Gasteiger partial charge in [0, 0.05) is 16.6 Å². The summed E-state index contributed by atoms with van der Waals surface area (Å²) in [5, 5.41) is 3.44. The average Bonchev–Trinajstić information content (AvgIpc) is 2.40. The van der Waals surface area contributed by atoms with Gasteiger partial charge in [0.25, 0.3) is 0 Å². The second-order valence-corrected chi connectivity index (χ2v) is 6.96. The van der Waals surface area contributed by atoms with Gasteiger partial charge in [0.2, 0.25) is 0 Å². The summed E-state index contributed by atoms with van der Waals surface area (Å²) in [4.78, 5) is 2.47. The van der Waals surface area contributed by atoms with Gasteiger partial charge in [-0.25, -0.2) is 0 Å². The Morgan fingerprint density at radius 2 is 1.85 bits per heavy atom. The highest BCUT2D eigenvalue weighted by molar-refractivity contribution is 9.10. The van der Waals surface area contributed by atoms with Crippen molar-refractivity contribution in [2.45, 2.75) is 45.7 Å². The summed E-state index contributed by atoms with van der Waals surface area (Å²) in [5.41, 5.74) is 1.35. The van der Waals surface area contributed by atoms with Gasteiger partial charge in [-0.1, -0.05) is 48.0 Å². The SMILES string of the molecule is CNC(CCN(C)C(C)CC(C)C)c1ccccc1Br. The van der Waals surface area contributed by atoms with Gasteiger partial charge in [0.1, 0.15) is 0 Å². The van der Waals surface area contributed by atoms with Crippen molar-refractivity contribution < 1.29 is 0 Å². The Labute approximate surface area is 133 Å². The Morgan fingerprint density at radius 3 is 2.40 bits per heavy atom. The number of halogens is 1. The Kier molecular flexibility index (Phi) is 7.78. The van der Waals surface area contributed by atoms with E-state index in [1.54, 1.807) is 0 Å². The lowest BCUT2D eigenvalue weighted by Crippen LogP contribution is -2.33. The molecular weight excluding hydrogens is 312 g/mol. The number of nitrogens with one attached hydrogen (secondary N) is 1. The summed E-state index contributed by atoms with van der Waals surface area (Å²) >= 11 is 3.65. The van der Waals surface area contributed by atoms with Crippen molar-refractivity contribution in [3.8, 4) is 0 Å². The lowest BCUT2D eigenvalue weighted by atomic mass is 10.0. The normalized spacial score (nSPS) is 14.8. The minimum atomic E-state index is 0.402. The largest absolute Gasteiger partial charge is 0.313 e. The standard InChI is InChI=1S/C17H29BrN2/c1-13(2)12-14(3)20(5)11-10-17(19-4)15-8-6-7-9-16(15)18/h6-9,13-14,17,19H,10-12H2,1-5H3. The van der Waals surface area contributed by atoms with Crippen LogP contribution in [0.1, 0.15) is 45.2 Å². The van der Waals surface area contributed by atoms with Crippen molar-refractivity contribution >= 4 is 15.9 Å². The molecule has 0 fully saturated rings. The van der Waals surface area contributed by atoms with Crippen LogP contribution in [0.5, 0.6) is 0 Å². The zero-order chi connectivity index (χ0) is 15.1. The lowest BCUT2D eigenvalue weighted by Gasteiger charge is -2.28. The first-order valence-corrected chi connectivity index (χ1v) is 8.37. The molecule has 0 aromatic heterocycles. The molecule has 2 nitrogen and oxygen atoms in total. The highest BCUT2D eigenvalue weighted by atomic mass is 79.9. The van der Waals surface area contributed by atoms with E-state index in [0.717, 1.165) is 18.9 Å². The van der Waals surface area contributed by atoms with E-state index in [1.807, 2.05) is 7.05 Å². The number of hydrogen-bond donors (Lipinski definition) is 1. The van der Waals surface area contributed by atoms with Gasteiger partial charge in [-0.15, -0.1) is 0 Å². The Morgan fingerprint density at radius 1 is 1.20 bits per heavy atom. The highest BCUT2D eigenvalue weighted by Gasteiger charge is 2.15. The molecule has 0 saturated carbocycles. The average molecular weight is 341 g/mol. The van der Waals surface area contributed by atoms with Crippen LogP contribution >= 0.6 is 15.9 Å². The topological polar surface area (TPSA) is 15.3 Å².